The molecule has 2 aromatic heterocycles. The molecule has 0 aliphatic heterocycles. The van der Waals surface area contributed by atoms with Crippen molar-refractivity contribution in [3.63, 3.8) is 0 Å². The second kappa shape index (κ2) is 3.94. The molecule has 0 saturated heterocycles. The molecule has 0 N–H and O–H groups in total. The molecule has 0 saturated carbocycles. The molecule has 0 spiro atoms. The van der Waals surface area contributed by atoms with E-state index in [-0.39, 0.29) is 5.75 Å². The molecule has 3 rings (SSSR count). The molecule has 17 heavy (non-hydrogen) atoms. The highest BCUT2D eigenvalue weighted by atomic mass is 16.3. The van der Waals surface area contributed by atoms with Crippen LogP contribution >= 0.6 is 0 Å². The molecule has 0 radical (unpaired) electrons. The fourth-order valence-electron chi connectivity index (χ4n) is 2.04. The SMILES string of the molecule is [O-]c1cccn2cc[n+](Cc3ccccc3)c12. The van der Waals surface area contributed by atoms with Gasteiger partial charge in [0.2, 0.25) is 0 Å². The number of pyridine rings is 1. The molecule has 0 amide bonds. The predicted octanol–water partition coefficient (Wildman–Crippen LogP) is 1.35. The van der Waals surface area contributed by atoms with Gasteiger partial charge in [-0.3, -0.25) is 0 Å². The van der Waals surface area contributed by atoms with Crippen molar-refractivity contribution in [2.24, 2.45) is 0 Å². The van der Waals surface area contributed by atoms with Gasteiger partial charge in [0.15, 0.2) is 0 Å². The van der Waals surface area contributed by atoms with Crippen molar-refractivity contribution < 1.29 is 9.67 Å². The Hall–Kier alpha value is -2.29. The standard InChI is InChI=1S/C14H12N2O/c17-13-7-4-8-15-9-10-16(14(13)15)11-12-5-2-1-3-6-12/h1-10H,11H2. The normalized spacial score (nSPS) is 10.8. The van der Waals surface area contributed by atoms with E-state index in [9.17, 15) is 5.11 Å². The van der Waals surface area contributed by atoms with E-state index in [4.69, 9.17) is 0 Å². The third-order valence-electron chi connectivity index (χ3n) is 2.83. The number of nitrogens with zero attached hydrogens (tertiary/aromatic N) is 2. The molecule has 3 aromatic rings. The third-order valence-corrected chi connectivity index (χ3v) is 2.83. The minimum Gasteiger partial charge on any atom is -0.867 e. The van der Waals surface area contributed by atoms with Crippen LogP contribution in [0, 0.1) is 0 Å². The van der Waals surface area contributed by atoms with Gasteiger partial charge in [0, 0.05) is 0 Å². The first-order valence-corrected chi connectivity index (χ1v) is 5.55. The van der Waals surface area contributed by atoms with Crippen molar-refractivity contribution in [1.29, 1.82) is 0 Å². The zero-order valence-corrected chi connectivity index (χ0v) is 9.28. The largest absolute Gasteiger partial charge is 0.867 e. The Balaban J connectivity index is 2.07. The lowest BCUT2D eigenvalue weighted by Crippen LogP contribution is -2.33. The average Bonchev–Trinajstić information content (AvgIpc) is 2.75. The molecular weight excluding hydrogens is 212 g/mol. The minimum absolute atomic E-state index is 0.0495. The van der Waals surface area contributed by atoms with Crippen LogP contribution in [0.4, 0.5) is 0 Å². The Morgan fingerprint density at radius 1 is 1.00 bits per heavy atom. The van der Waals surface area contributed by atoms with Gasteiger partial charge < -0.3 is 5.11 Å². The maximum absolute atomic E-state index is 11.8. The number of aromatic nitrogens is 2. The first kappa shape index (κ1) is 9.90. The van der Waals surface area contributed by atoms with Crippen molar-refractivity contribution >= 4 is 5.65 Å². The lowest BCUT2D eigenvalue weighted by atomic mass is 10.2. The summed E-state index contributed by atoms with van der Waals surface area (Å²) in [7, 11) is 0. The van der Waals surface area contributed by atoms with Crippen molar-refractivity contribution in [3.05, 3.63) is 66.6 Å². The van der Waals surface area contributed by atoms with Crippen molar-refractivity contribution in [1.82, 2.24) is 4.40 Å². The van der Waals surface area contributed by atoms with Crippen LogP contribution in [0.2, 0.25) is 0 Å². The van der Waals surface area contributed by atoms with Crippen LogP contribution in [-0.2, 0) is 6.54 Å². The highest BCUT2D eigenvalue weighted by Crippen LogP contribution is 2.11. The summed E-state index contributed by atoms with van der Waals surface area (Å²) in [5.41, 5.74) is 1.89. The first-order valence-electron chi connectivity index (χ1n) is 5.55. The second-order valence-corrected chi connectivity index (χ2v) is 4.01. The van der Waals surface area contributed by atoms with Crippen LogP contribution in [0.3, 0.4) is 0 Å². The van der Waals surface area contributed by atoms with Gasteiger partial charge in [-0.05, 0) is 17.4 Å². The highest BCUT2D eigenvalue weighted by molar-refractivity contribution is 5.46. The lowest BCUT2D eigenvalue weighted by Gasteiger charge is -2.05. The molecule has 3 nitrogen and oxygen atoms in total. The van der Waals surface area contributed by atoms with E-state index in [2.05, 4.69) is 12.1 Å². The van der Waals surface area contributed by atoms with Crippen molar-refractivity contribution in [2.75, 3.05) is 0 Å². The highest BCUT2D eigenvalue weighted by Gasteiger charge is 2.09. The van der Waals surface area contributed by atoms with Crippen LogP contribution in [0.15, 0.2) is 61.1 Å². The fourth-order valence-corrected chi connectivity index (χ4v) is 2.04. The minimum atomic E-state index is 0.0495. The summed E-state index contributed by atoms with van der Waals surface area (Å²) in [6.45, 7) is 0.719. The molecule has 0 aliphatic carbocycles. The molecule has 0 atom stereocenters. The third kappa shape index (κ3) is 1.76. The number of imidazole rings is 1. The number of rotatable bonds is 2. The molecular formula is C14H12N2O. The molecule has 84 valence electrons. The van der Waals surface area contributed by atoms with Crippen LogP contribution in [0.5, 0.6) is 5.75 Å². The monoisotopic (exact) mass is 224 g/mol. The van der Waals surface area contributed by atoms with Gasteiger partial charge in [0.05, 0.1) is 6.20 Å². The summed E-state index contributed by atoms with van der Waals surface area (Å²) in [6.07, 6.45) is 5.72. The van der Waals surface area contributed by atoms with Gasteiger partial charge >= 0.3 is 0 Å². The zero-order valence-electron chi connectivity index (χ0n) is 9.28. The van der Waals surface area contributed by atoms with Crippen molar-refractivity contribution in [2.45, 2.75) is 6.54 Å². The van der Waals surface area contributed by atoms with Gasteiger partial charge in [-0.1, -0.05) is 36.4 Å². The van der Waals surface area contributed by atoms with Gasteiger partial charge in [0.1, 0.15) is 18.9 Å². The second-order valence-electron chi connectivity index (χ2n) is 4.01. The lowest BCUT2D eigenvalue weighted by molar-refractivity contribution is -0.663. The Labute approximate surface area is 99.2 Å². The Kier molecular flexibility index (Phi) is 2.29. The van der Waals surface area contributed by atoms with E-state index in [0.29, 0.717) is 5.65 Å². The van der Waals surface area contributed by atoms with E-state index < -0.39 is 0 Å². The fraction of sp³-hybridized carbons (Fsp3) is 0.0714. The van der Waals surface area contributed by atoms with Gasteiger partial charge in [-0.2, -0.15) is 0 Å². The Bertz CT molecular complexity index is 644. The molecule has 0 bridgehead atoms. The number of benzene rings is 1. The van der Waals surface area contributed by atoms with E-state index in [0.717, 1.165) is 6.54 Å². The van der Waals surface area contributed by atoms with Crippen LogP contribution in [-0.4, -0.2) is 4.40 Å². The first-order chi connectivity index (χ1) is 8.34. The molecule has 0 unspecified atom stereocenters. The summed E-state index contributed by atoms with van der Waals surface area (Å²) in [5.74, 6) is 0.0495. The van der Waals surface area contributed by atoms with E-state index in [1.807, 2.05) is 45.8 Å². The summed E-state index contributed by atoms with van der Waals surface area (Å²) in [6, 6.07) is 13.5. The summed E-state index contributed by atoms with van der Waals surface area (Å²) < 4.78 is 3.82. The summed E-state index contributed by atoms with van der Waals surface area (Å²) in [4.78, 5) is 0. The summed E-state index contributed by atoms with van der Waals surface area (Å²) >= 11 is 0. The van der Waals surface area contributed by atoms with Gasteiger partial charge in [0.25, 0.3) is 5.65 Å². The summed E-state index contributed by atoms with van der Waals surface area (Å²) in [5, 5.41) is 11.8. The maximum Gasteiger partial charge on any atom is 0.278 e. The predicted molar refractivity (Wildman–Crippen MR) is 62.6 cm³/mol. The van der Waals surface area contributed by atoms with E-state index >= 15 is 0 Å². The van der Waals surface area contributed by atoms with Gasteiger partial charge in [-0.25, -0.2) is 8.97 Å². The van der Waals surface area contributed by atoms with Gasteiger partial charge in [-0.15, -0.1) is 0 Å². The topological polar surface area (TPSA) is 31.3 Å². The Morgan fingerprint density at radius 2 is 1.82 bits per heavy atom. The number of hydrogen-bond acceptors (Lipinski definition) is 1. The van der Waals surface area contributed by atoms with E-state index in [1.54, 1.807) is 12.1 Å². The molecule has 0 fully saturated rings. The number of fused-ring (bicyclic) bond motifs is 1. The maximum atomic E-state index is 11.8. The van der Waals surface area contributed by atoms with E-state index in [1.165, 1.54) is 5.56 Å². The zero-order chi connectivity index (χ0) is 11.7. The van der Waals surface area contributed by atoms with Crippen LogP contribution in [0.1, 0.15) is 5.56 Å². The van der Waals surface area contributed by atoms with Crippen LogP contribution in [0.25, 0.3) is 5.65 Å². The smallest absolute Gasteiger partial charge is 0.278 e. The van der Waals surface area contributed by atoms with Crippen molar-refractivity contribution in [3.8, 4) is 5.75 Å². The van der Waals surface area contributed by atoms with Crippen LogP contribution < -0.4 is 9.67 Å². The molecule has 3 heteroatoms. The Morgan fingerprint density at radius 3 is 2.65 bits per heavy atom. The average molecular weight is 224 g/mol. The molecule has 0 aliphatic rings. The quantitative estimate of drug-likeness (QED) is 0.604. The number of hydrogen-bond donors (Lipinski definition) is 0. The molecule has 2 heterocycles. The molecule has 1 aromatic carbocycles.